The molecule has 104 valence electrons. The molecule has 4 atom stereocenters. The number of aliphatic hydroxyl groups excluding tert-OH is 2. The van der Waals surface area contributed by atoms with Gasteiger partial charge in [0.25, 0.3) is 0 Å². The molecule has 0 aromatic carbocycles. The van der Waals surface area contributed by atoms with E-state index in [-0.39, 0.29) is 6.61 Å². The molecule has 0 unspecified atom stereocenters. The van der Waals surface area contributed by atoms with Crippen LogP contribution in [0.15, 0.2) is 0 Å². The first-order valence-corrected chi connectivity index (χ1v) is 5.06. The van der Waals surface area contributed by atoms with Crippen molar-refractivity contribution >= 4 is 11.9 Å². The van der Waals surface area contributed by atoms with Crippen LogP contribution in [0.2, 0.25) is 0 Å². The Kier molecular flexibility index (Phi) is 5.44. The number of carboxylic acids is 2. The molecule has 1 rings (SSSR count). The largest absolute Gasteiger partial charge is 0.480 e. The Bertz CT molecular complexity index is 304. The van der Waals surface area contributed by atoms with Crippen LogP contribution >= 0.6 is 0 Å². The molecule has 18 heavy (non-hydrogen) atoms. The van der Waals surface area contributed by atoms with Gasteiger partial charge in [-0.2, -0.15) is 0 Å². The minimum atomic E-state index is -1.50. The summed E-state index contributed by atoms with van der Waals surface area (Å²) in [4.78, 5) is 20.6. The van der Waals surface area contributed by atoms with Crippen molar-refractivity contribution in [3.63, 3.8) is 0 Å². The molecular formula is C9H14O9. The number of hydrogen-bond acceptors (Lipinski definition) is 7. The maximum atomic E-state index is 10.3. The first-order chi connectivity index (χ1) is 8.41. The fraction of sp³-hybridized carbons (Fsp3) is 0.778. The predicted molar refractivity (Wildman–Crippen MR) is 52.7 cm³/mol. The van der Waals surface area contributed by atoms with Crippen molar-refractivity contribution in [1.82, 2.24) is 0 Å². The van der Waals surface area contributed by atoms with Gasteiger partial charge in [-0.05, 0) is 0 Å². The average molecular weight is 266 g/mol. The molecule has 0 radical (unpaired) electrons. The zero-order valence-corrected chi connectivity index (χ0v) is 9.26. The molecule has 1 fully saturated rings. The molecule has 0 amide bonds. The van der Waals surface area contributed by atoms with E-state index in [1.165, 1.54) is 0 Å². The van der Waals surface area contributed by atoms with Gasteiger partial charge in [-0.1, -0.05) is 0 Å². The van der Waals surface area contributed by atoms with Crippen molar-refractivity contribution in [1.29, 1.82) is 0 Å². The second-order valence-electron chi connectivity index (χ2n) is 3.63. The lowest BCUT2D eigenvalue weighted by atomic mass is 10.1. The number of rotatable bonds is 6. The second-order valence-corrected chi connectivity index (χ2v) is 3.63. The molecule has 1 saturated heterocycles. The van der Waals surface area contributed by atoms with Crippen molar-refractivity contribution in [3.8, 4) is 0 Å². The van der Waals surface area contributed by atoms with Gasteiger partial charge >= 0.3 is 11.9 Å². The lowest BCUT2D eigenvalue weighted by Gasteiger charge is -2.36. The van der Waals surface area contributed by atoms with E-state index in [0.717, 1.165) is 0 Å². The summed E-state index contributed by atoms with van der Waals surface area (Å²) in [5.74, 6) is -2.50. The van der Waals surface area contributed by atoms with Gasteiger partial charge in [0, 0.05) is 0 Å². The monoisotopic (exact) mass is 266 g/mol. The van der Waals surface area contributed by atoms with Crippen molar-refractivity contribution in [2.24, 2.45) is 0 Å². The summed E-state index contributed by atoms with van der Waals surface area (Å²) >= 11 is 0. The highest BCUT2D eigenvalue weighted by Crippen LogP contribution is 2.19. The van der Waals surface area contributed by atoms with Gasteiger partial charge < -0.3 is 34.6 Å². The average Bonchev–Trinajstić information content (AvgIpc) is 2.27. The van der Waals surface area contributed by atoms with Crippen LogP contribution in [0.4, 0.5) is 0 Å². The van der Waals surface area contributed by atoms with E-state index in [9.17, 15) is 19.8 Å². The Balaban J connectivity index is 2.53. The lowest BCUT2D eigenvalue weighted by molar-refractivity contribution is -0.271. The molecule has 0 spiro atoms. The number of carbonyl (C=O) groups is 2. The fourth-order valence-electron chi connectivity index (χ4n) is 1.44. The van der Waals surface area contributed by atoms with Gasteiger partial charge in [-0.25, -0.2) is 9.59 Å². The minimum Gasteiger partial charge on any atom is -0.480 e. The van der Waals surface area contributed by atoms with Crippen LogP contribution in [0.3, 0.4) is 0 Å². The highest BCUT2D eigenvalue weighted by atomic mass is 16.7. The van der Waals surface area contributed by atoms with Gasteiger partial charge in [-0.15, -0.1) is 0 Å². The van der Waals surface area contributed by atoms with E-state index in [1.54, 1.807) is 0 Å². The van der Waals surface area contributed by atoms with Gasteiger partial charge in [-0.3, -0.25) is 0 Å². The van der Waals surface area contributed by atoms with E-state index < -0.39 is 49.8 Å². The number of hydrogen-bond donors (Lipinski definition) is 4. The molecule has 0 saturated carbocycles. The molecule has 1 aliphatic rings. The SMILES string of the molecule is O=C(O)CO[C@@H]1[C@@H](O)[C@H](OCC(=O)O)CO[C@H]1O. The molecule has 0 aromatic rings. The molecule has 4 N–H and O–H groups in total. The first-order valence-electron chi connectivity index (χ1n) is 5.06. The maximum absolute atomic E-state index is 10.3. The Morgan fingerprint density at radius 1 is 1.11 bits per heavy atom. The highest BCUT2D eigenvalue weighted by molar-refractivity contribution is 5.68. The van der Waals surface area contributed by atoms with E-state index in [0.29, 0.717) is 0 Å². The third-order valence-electron chi connectivity index (χ3n) is 2.25. The Hall–Kier alpha value is -1.26. The van der Waals surface area contributed by atoms with Crippen LogP contribution < -0.4 is 0 Å². The molecule has 0 aliphatic carbocycles. The van der Waals surface area contributed by atoms with Crippen molar-refractivity contribution in [2.45, 2.75) is 24.6 Å². The summed E-state index contributed by atoms with van der Waals surface area (Å²) in [6.45, 7) is -1.59. The maximum Gasteiger partial charge on any atom is 0.329 e. The van der Waals surface area contributed by atoms with Crippen molar-refractivity contribution in [2.75, 3.05) is 19.8 Å². The number of carboxylic acid groups (broad SMARTS) is 2. The molecule has 1 aliphatic heterocycles. The number of ether oxygens (including phenoxy) is 3. The zero-order chi connectivity index (χ0) is 13.7. The van der Waals surface area contributed by atoms with Crippen LogP contribution in [0.1, 0.15) is 0 Å². The summed E-state index contributed by atoms with van der Waals surface area (Å²) < 4.78 is 14.4. The molecule has 9 nitrogen and oxygen atoms in total. The third-order valence-corrected chi connectivity index (χ3v) is 2.25. The molecule has 0 bridgehead atoms. The van der Waals surface area contributed by atoms with Gasteiger partial charge in [0.2, 0.25) is 0 Å². The second kappa shape index (κ2) is 6.61. The molecular weight excluding hydrogens is 252 g/mol. The summed E-state index contributed by atoms with van der Waals surface area (Å²) in [5.41, 5.74) is 0. The predicted octanol–water partition coefficient (Wildman–Crippen LogP) is -2.36. The molecule has 0 aromatic heterocycles. The molecule has 9 heteroatoms. The van der Waals surface area contributed by atoms with E-state index in [4.69, 9.17) is 24.4 Å². The number of aliphatic carboxylic acids is 2. The van der Waals surface area contributed by atoms with Gasteiger partial charge in [0.05, 0.1) is 6.61 Å². The Morgan fingerprint density at radius 2 is 1.67 bits per heavy atom. The summed E-state index contributed by atoms with van der Waals surface area (Å²) in [6.07, 6.45) is -5.20. The van der Waals surface area contributed by atoms with E-state index in [2.05, 4.69) is 0 Å². The fourth-order valence-corrected chi connectivity index (χ4v) is 1.44. The Labute approximate surface area is 101 Å². The van der Waals surface area contributed by atoms with Crippen molar-refractivity contribution in [3.05, 3.63) is 0 Å². The van der Waals surface area contributed by atoms with Gasteiger partial charge in [0.1, 0.15) is 31.5 Å². The summed E-state index contributed by atoms with van der Waals surface area (Å²) in [7, 11) is 0. The van der Waals surface area contributed by atoms with Crippen LogP contribution in [-0.2, 0) is 23.8 Å². The lowest BCUT2D eigenvalue weighted by Crippen LogP contribution is -2.55. The van der Waals surface area contributed by atoms with Crippen LogP contribution in [0.5, 0.6) is 0 Å². The standard InChI is InChI=1S/C9H14O9/c10-5(11)2-16-4-1-18-9(15)8(7(4)14)17-3-6(12)13/h4,7-9,14-15H,1-3H2,(H,10,11)(H,12,13)/t4-,7+,8-,9-/m1/s1. The molecule has 1 heterocycles. The van der Waals surface area contributed by atoms with Crippen LogP contribution in [-0.4, -0.2) is 76.8 Å². The first kappa shape index (κ1) is 14.8. The van der Waals surface area contributed by atoms with E-state index in [1.807, 2.05) is 0 Å². The van der Waals surface area contributed by atoms with E-state index >= 15 is 0 Å². The zero-order valence-electron chi connectivity index (χ0n) is 9.26. The highest BCUT2D eigenvalue weighted by Gasteiger charge is 2.40. The van der Waals surface area contributed by atoms with Crippen LogP contribution in [0.25, 0.3) is 0 Å². The third kappa shape index (κ3) is 4.20. The van der Waals surface area contributed by atoms with Crippen LogP contribution in [0, 0.1) is 0 Å². The van der Waals surface area contributed by atoms with Crippen molar-refractivity contribution < 1.29 is 44.2 Å². The topological polar surface area (TPSA) is 143 Å². The number of aliphatic hydroxyl groups is 2. The summed E-state index contributed by atoms with van der Waals surface area (Å²) in [5, 5.41) is 36.0. The van der Waals surface area contributed by atoms with Gasteiger partial charge in [0.15, 0.2) is 6.29 Å². The normalized spacial score (nSPS) is 32.1. The summed E-state index contributed by atoms with van der Waals surface area (Å²) in [6, 6.07) is 0. The quantitative estimate of drug-likeness (QED) is 0.415. The Morgan fingerprint density at radius 3 is 2.22 bits per heavy atom. The smallest absolute Gasteiger partial charge is 0.329 e. The minimum absolute atomic E-state index is 0.220.